The smallest absolute Gasteiger partial charge is 0.311 e. The van der Waals surface area contributed by atoms with Gasteiger partial charge >= 0.3 is 5.97 Å². The van der Waals surface area contributed by atoms with E-state index >= 15 is 0 Å². The Labute approximate surface area is 178 Å². The first-order chi connectivity index (χ1) is 14.8. The third-order valence-electron chi connectivity index (χ3n) is 5.70. The third-order valence-corrected chi connectivity index (χ3v) is 5.70. The van der Waals surface area contributed by atoms with E-state index in [4.69, 9.17) is 4.74 Å². The van der Waals surface area contributed by atoms with Gasteiger partial charge in [0, 0.05) is 18.4 Å². The second kappa shape index (κ2) is 8.45. The molecule has 1 aliphatic heterocycles. The van der Waals surface area contributed by atoms with E-state index in [0.717, 1.165) is 11.1 Å². The molecule has 0 radical (unpaired) electrons. The second-order valence-electron chi connectivity index (χ2n) is 7.93. The minimum absolute atomic E-state index is 0.122. The number of hydrazone groups is 1. The molecule has 0 aromatic heterocycles. The highest BCUT2D eigenvalue weighted by Crippen LogP contribution is 2.45. The van der Waals surface area contributed by atoms with E-state index in [2.05, 4.69) is 5.10 Å². The van der Waals surface area contributed by atoms with Crippen molar-refractivity contribution in [2.75, 3.05) is 6.61 Å². The second-order valence-corrected chi connectivity index (χ2v) is 7.93. The Morgan fingerprint density at radius 3 is 2.52 bits per heavy atom. The zero-order valence-corrected chi connectivity index (χ0v) is 16.7. The maximum absolute atomic E-state index is 13.6. The molecule has 1 saturated carbocycles. The predicted octanol–water partition coefficient (Wildman–Crippen LogP) is 4.01. The summed E-state index contributed by atoms with van der Waals surface area (Å²) in [7, 11) is 0. The molecule has 2 unspecified atom stereocenters. The maximum Gasteiger partial charge on any atom is 0.311 e. The number of carboxylic acids is 1. The van der Waals surface area contributed by atoms with E-state index in [1.54, 1.807) is 24.3 Å². The summed E-state index contributed by atoms with van der Waals surface area (Å²) in [5.74, 6) is -5.42. The first-order valence-corrected chi connectivity index (χ1v) is 10.1. The van der Waals surface area contributed by atoms with Crippen molar-refractivity contribution in [3.8, 4) is 0 Å². The molecule has 0 saturated heterocycles. The largest absolute Gasteiger partial charge is 0.481 e. The summed E-state index contributed by atoms with van der Waals surface area (Å²) in [5.41, 5.74) is 1.99. The summed E-state index contributed by atoms with van der Waals surface area (Å²) in [6.45, 7) is 0.0703. The van der Waals surface area contributed by atoms with Gasteiger partial charge in [0.15, 0.2) is 6.61 Å². The number of carboxylic acid groups (broad SMARTS) is 1. The average molecular weight is 428 g/mol. The van der Waals surface area contributed by atoms with E-state index in [1.165, 1.54) is 5.01 Å². The standard InChI is InChI=1S/C23H22F2N2O4/c24-23(25)11-10-18(12-23)20(22(29)30)16-8-6-15(7-9-16)13-27-19(28)14-31-21(26-27)17-4-2-1-3-5-17/h1-9,18,20H,10-14H2,(H,29,30). The van der Waals surface area contributed by atoms with Crippen LogP contribution in [0.4, 0.5) is 8.78 Å². The molecule has 1 amide bonds. The molecule has 0 bridgehead atoms. The first-order valence-electron chi connectivity index (χ1n) is 10.1. The molecule has 1 fully saturated rings. The van der Waals surface area contributed by atoms with Crippen LogP contribution < -0.4 is 0 Å². The molecule has 4 rings (SSSR count). The van der Waals surface area contributed by atoms with Crippen molar-refractivity contribution in [2.45, 2.75) is 37.6 Å². The molecular formula is C23H22F2N2O4. The fraction of sp³-hybridized carbons (Fsp3) is 0.348. The van der Waals surface area contributed by atoms with Gasteiger partial charge in [-0.3, -0.25) is 9.59 Å². The monoisotopic (exact) mass is 428 g/mol. The van der Waals surface area contributed by atoms with Gasteiger partial charge in [-0.25, -0.2) is 13.8 Å². The Morgan fingerprint density at radius 2 is 1.90 bits per heavy atom. The van der Waals surface area contributed by atoms with Gasteiger partial charge in [-0.15, -0.1) is 5.10 Å². The quantitative estimate of drug-likeness (QED) is 0.754. The van der Waals surface area contributed by atoms with E-state index < -0.39 is 30.1 Å². The van der Waals surface area contributed by atoms with Crippen LogP contribution in [0.1, 0.15) is 41.9 Å². The van der Waals surface area contributed by atoms with Gasteiger partial charge in [-0.1, -0.05) is 42.5 Å². The third kappa shape index (κ3) is 4.73. The Balaban J connectivity index is 1.50. The SMILES string of the molecule is O=C(O)C(c1ccc(CN2N=C(c3ccccc3)OCC2=O)cc1)C1CCC(F)(F)C1. The molecule has 6 nitrogen and oxygen atoms in total. The molecule has 1 N–H and O–H groups in total. The molecule has 2 aromatic carbocycles. The highest BCUT2D eigenvalue weighted by molar-refractivity contribution is 5.97. The summed E-state index contributed by atoms with van der Waals surface area (Å²) in [6.07, 6.45) is -0.504. The van der Waals surface area contributed by atoms with E-state index in [9.17, 15) is 23.5 Å². The number of aliphatic carboxylic acids is 1. The molecular weight excluding hydrogens is 406 g/mol. The minimum atomic E-state index is -2.80. The molecule has 1 aliphatic carbocycles. The van der Waals surface area contributed by atoms with Gasteiger partial charge in [0.1, 0.15) is 0 Å². The molecule has 2 aromatic rings. The number of alkyl halides is 2. The van der Waals surface area contributed by atoms with Crippen molar-refractivity contribution in [3.05, 3.63) is 71.3 Å². The van der Waals surface area contributed by atoms with Crippen LogP contribution in [0, 0.1) is 5.92 Å². The number of nitrogens with zero attached hydrogens (tertiary/aromatic N) is 2. The fourth-order valence-corrected chi connectivity index (χ4v) is 4.13. The number of ether oxygens (including phenoxy) is 1. The fourth-order valence-electron chi connectivity index (χ4n) is 4.13. The molecule has 31 heavy (non-hydrogen) atoms. The lowest BCUT2D eigenvalue weighted by Crippen LogP contribution is -2.36. The van der Waals surface area contributed by atoms with E-state index in [-0.39, 0.29) is 31.9 Å². The lowest BCUT2D eigenvalue weighted by atomic mass is 9.84. The van der Waals surface area contributed by atoms with Gasteiger partial charge in [0.25, 0.3) is 5.91 Å². The molecule has 1 heterocycles. The minimum Gasteiger partial charge on any atom is -0.481 e. The zero-order valence-electron chi connectivity index (χ0n) is 16.7. The van der Waals surface area contributed by atoms with Crippen LogP contribution in [0.15, 0.2) is 59.7 Å². The van der Waals surface area contributed by atoms with Crippen LogP contribution in [0.3, 0.4) is 0 Å². The summed E-state index contributed by atoms with van der Waals surface area (Å²) in [4.78, 5) is 24.0. The Hall–Kier alpha value is -3.29. The van der Waals surface area contributed by atoms with Crippen LogP contribution in [0.25, 0.3) is 0 Å². The summed E-state index contributed by atoms with van der Waals surface area (Å²) >= 11 is 0. The van der Waals surface area contributed by atoms with Crippen molar-refractivity contribution >= 4 is 17.8 Å². The lowest BCUT2D eigenvalue weighted by Gasteiger charge is -2.24. The topological polar surface area (TPSA) is 79.2 Å². The van der Waals surface area contributed by atoms with Crippen LogP contribution >= 0.6 is 0 Å². The van der Waals surface area contributed by atoms with Crippen LogP contribution in [0.2, 0.25) is 0 Å². The van der Waals surface area contributed by atoms with Crippen molar-refractivity contribution in [3.63, 3.8) is 0 Å². The van der Waals surface area contributed by atoms with Gasteiger partial charge in [0.05, 0.1) is 12.5 Å². The van der Waals surface area contributed by atoms with Crippen molar-refractivity contribution in [1.29, 1.82) is 0 Å². The summed E-state index contributed by atoms with van der Waals surface area (Å²) in [5, 5.41) is 15.2. The normalized spacial score (nSPS) is 21.4. The molecule has 2 atom stereocenters. The average Bonchev–Trinajstić information content (AvgIpc) is 3.10. The van der Waals surface area contributed by atoms with Crippen molar-refractivity contribution in [2.24, 2.45) is 11.0 Å². The van der Waals surface area contributed by atoms with E-state index in [0.29, 0.717) is 11.5 Å². The highest BCUT2D eigenvalue weighted by Gasteiger charge is 2.45. The van der Waals surface area contributed by atoms with Crippen molar-refractivity contribution < 1.29 is 28.2 Å². The summed E-state index contributed by atoms with van der Waals surface area (Å²) < 4.78 is 32.6. The zero-order chi connectivity index (χ0) is 22.0. The van der Waals surface area contributed by atoms with Crippen LogP contribution in [-0.4, -0.2) is 40.4 Å². The Kier molecular flexibility index (Phi) is 5.71. The number of amides is 1. The van der Waals surface area contributed by atoms with Gasteiger partial charge in [0.2, 0.25) is 11.8 Å². The Morgan fingerprint density at radius 1 is 1.19 bits per heavy atom. The van der Waals surface area contributed by atoms with Gasteiger partial charge in [-0.05, 0) is 35.6 Å². The maximum atomic E-state index is 13.6. The molecule has 2 aliphatic rings. The lowest BCUT2D eigenvalue weighted by molar-refractivity contribution is -0.140. The van der Waals surface area contributed by atoms with Crippen LogP contribution in [-0.2, 0) is 20.9 Å². The molecule has 8 heteroatoms. The number of hydrogen-bond donors (Lipinski definition) is 1. The highest BCUT2D eigenvalue weighted by atomic mass is 19.3. The van der Waals surface area contributed by atoms with Crippen molar-refractivity contribution in [1.82, 2.24) is 5.01 Å². The number of carbonyl (C=O) groups is 2. The van der Waals surface area contributed by atoms with Gasteiger partial charge < -0.3 is 9.84 Å². The number of carbonyl (C=O) groups excluding carboxylic acids is 1. The summed E-state index contributed by atoms with van der Waals surface area (Å²) in [6, 6.07) is 15.9. The van der Waals surface area contributed by atoms with Gasteiger partial charge in [-0.2, -0.15) is 0 Å². The predicted molar refractivity (Wildman–Crippen MR) is 109 cm³/mol. The number of rotatable bonds is 6. The van der Waals surface area contributed by atoms with Crippen LogP contribution in [0.5, 0.6) is 0 Å². The molecule has 162 valence electrons. The first kappa shape index (κ1) is 21.0. The Bertz CT molecular complexity index is 992. The number of halogens is 2. The molecule has 0 spiro atoms. The van der Waals surface area contributed by atoms with E-state index in [1.807, 2.05) is 30.3 Å². The number of benzene rings is 2. The number of hydrogen-bond acceptors (Lipinski definition) is 4.